The van der Waals surface area contributed by atoms with Gasteiger partial charge in [-0.3, -0.25) is 0 Å². The lowest BCUT2D eigenvalue weighted by atomic mass is 9.84. The quantitative estimate of drug-likeness (QED) is 0.721. The van der Waals surface area contributed by atoms with E-state index in [0.29, 0.717) is 11.6 Å². The van der Waals surface area contributed by atoms with E-state index in [4.69, 9.17) is 23.2 Å². The first-order valence-corrected chi connectivity index (χ1v) is 6.90. The van der Waals surface area contributed by atoms with Gasteiger partial charge < -0.3 is 10.2 Å². The van der Waals surface area contributed by atoms with Crippen molar-refractivity contribution in [3.8, 4) is 0 Å². The SMILES string of the molecule is C[C@H]1[C@H](Cl)CCN2C(=O)Nc3ccc(Cl)cc3[C@H]12. The van der Waals surface area contributed by atoms with Gasteiger partial charge in [-0.2, -0.15) is 0 Å². The molecule has 0 saturated carbocycles. The molecular weight excluding hydrogens is 271 g/mol. The molecular formula is C13H14Cl2N2O. The lowest BCUT2D eigenvalue weighted by Gasteiger charge is -2.45. The van der Waals surface area contributed by atoms with Crippen LogP contribution < -0.4 is 5.32 Å². The van der Waals surface area contributed by atoms with Crippen LogP contribution in [-0.2, 0) is 0 Å². The molecule has 18 heavy (non-hydrogen) atoms. The maximum absolute atomic E-state index is 12.1. The highest BCUT2D eigenvalue weighted by Gasteiger charge is 2.41. The van der Waals surface area contributed by atoms with E-state index >= 15 is 0 Å². The number of nitrogens with zero attached hydrogens (tertiary/aromatic N) is 1. The molecule has 5 heteroatoms. The van der Waals surface area contributed by atoms with Gasteiger partial charge in [0.25, 0.3) is 0 Å². The summed E-state index contributed by atoms with van der Waals surface area (Å²) < 4.78 is 0. The Hall–Kier alpha value is -0.930. The van der Waals surface area contributed by atoms with Crippen LogP contribution in [0.25, 0.3) is 0 Å². The number of urea groups is 1. The van der Waals surface area contributed by atoms with Crippen LogP contribution in [0.1, 0.15) is 24.9 Å². The van der Waals surface area contributed by atoms with Crippen LogP contribution in [0.3, 0.4) is 0 Å². The number of anilines is 1. The second-order valence-corrected chi connectivity index (χ2v) is 5.96. The summed E-state index contributed by atoms with van der Waals surface area (Å²) in [5.74, 6) is 0.226. The first-order chi connectivity index (χ1) is 8.58. The molecule has 1 aromatic rings. The number of carbonyl (C=O) groups is 1. The molecule has 3 rings (SSSR count). The maximum atomic E-state index is 12.1. The first kappa shape index (κ1) is 12.1. The Kier molecular flexibility index (Phi) is 2.91. The molecule has 2 heterocycles. The summed E-state index contributed by atoms with van der Waals surface area (Å²) >= 11 is 12.4. The normalized spacial score (nSPS) is 30.5. The molecule has 0 spiro atoms. The minimum atomic E-state index is -0.0368. The molecule has 0 bridgehead atoms. The molecule has 1 N–H and O–H groups in total. The van der Waals surface area contributed by atoms with E-state index in [1.165, 1.54) is 0 Å². The van der Waals surface area contributed by atoms with Gasteiger partial charge in [0.1, 0.15) is 0 Å². The Labute approximate surface area is 116 Å². The average Bonchev–Trinajstić information content (AvgIpc) is 2.34. The van der Waals surface area contributed by atoms with Gasteiger partial charge in [-0.25, -0.2) is 4.79 Å². The van der Waals surface area contributed by atoms with Gasteiger partial charge in [-0.05, 0) is 30.5 Å². The minimum absolute atomic E-state index is 0.0312. The molecule has 1 fully saturated rings. The molecule has 1 aromatic carbocycles. The van der Waals surface area contributed by atoms with E-state index in [0.717, 1.165) is 17.7 Å². The molecule has 3 atom stereocenters. The third-order valence-corrected chi connectivity index (χ3v) is 4.74. The largest absolute Gasteiger partial charge is 0.322 e. The van der Waals surface area contributed by atoms with E-state index in [2.05, 4.69) is 12.2 Å². The number of hydrogen-bond acceptors (Lipinski definition) is 1. The summed E-state index contributed by atoms with van der Waals surface area (Å²) in [4.78, 5) is 13.9. The van der Waals surface area contributed by atoms with E-state index in [-0.39, 0.29) is 23.4 Å². The van der Waals surface area contributed by atoms with Crippen molar-refractivity contribution < 1.29 is 4.79 Å². The molecule has 2 aliphatic heterocycles. The van der Waals surface area contributed by atoms with Crippen LogP contribution in [0.15, 0.2) is 18.2 Å². The number of rotatable bonds is 0. The Morgan fingerprint density at radius 3 is 3.00 bits per heavy atom. The number of halogens is 2. The molecule has 0 radical (unpaired) electrons. The van der Waals surface area contributed by atoms with Gasteiger partial charge in [-0.15, -0.1) is 11.6 Å². The number of carbonyl (C=O) groups excluding carboxylic acids is 1. The van der Waals surface area contributed by atoms with Gasteiger partial charge in [0.15, 0.2) is 0 Å². The van der Waals surface area contributed by atoms with Gasteiger partial charge in [-0.1, -0.05) is 18.5 Å². The van der Waals surface area contributed by atoms with E-state index in [1.807, 2.05) is 17.0 Å². The van der Waals surface area contributed by atoms with Crippen LogP contribution in [0, 0.1) is 5.92 Å². The predicted molar refractivity (Wildman–Crippen MR) is 73.3 cm³/mol. The van der Waals surface area contributed by atoms with E-state index in [1.54, 1.807) is 6.07 Å². The van der Waals surface area contributed by atoms with Gasteiger partial charge >= 0.3 is 6.03 Å². The Bertz CT molecular complexity index is 506. The maximum Gasteiger partial charge on any atom is 0.322 e. The van der Waals surface area contributed by atoms with Crippen LogP contribution in [-0.4, -0.2) is 22.9 Å². The zero-order valence-electron chi connectivity index (χ0n) is 9.99. The first-order valence-electron chi connectivity index (χ1n) is 6.09. The summed E-state index contributed by atoms with van der Waals surface area (Å²) in [5, 5.41) is 3.70. The van der Waals surface area contributed by atoms with Gasteiger partial charge in [0.05, 0.1) is 6.04 Å². The minimum Gasteiger partial charge on any atom is -0.317 e. The lowest BCUT2D eigenvalue weighted by Crippen LogP contribution is -2.50. The molecule has 0 aromatic heterocycles. The number of benzene rings is 1. The zero-order valence-corrected chi connectivity index (χ0v) is 11.5. The van der Waals surface area contributed by atoms with Crippen molar-refractivity contribution in [1.29, 1.82) is 0 Å². The number of fused-ring (bicyclic) bond motifs is 3. The monoisotopic (exact) mass is 284 g/mol. The van der Waals surface area contributed by atoms with Crippen molar-refractivity contribution in [2.45, 2.75) is 24.8 Å². The number of piperidine rings is 1. The third kappa shape index (κ3) is 1.77. The molecule has 2 aliphatic rings. The van der Waals surface area contributed by atoms with Crippen LogP contribution >= 0.6 is 23.2 Å². The molecule has 96 valence electrons. The summed E-state index contributed by atoms with van der Waals surface area (Å²) in [6.45, 7) is 2.79. The van der Waals surface area contributed by atoms with Crippen molar-refractivity contribution in [3.63, 3.8) is 0 Å². The lowest BCUT2D eigenvalue weighted by molar-refractivity contribution is 0.128. The highest BCUT2D eigenvalue weighted by atomic mass is 35.5. The van der Waals surface area contributed by atoms with Gasteiger partial charge in [0.2, 0.25) is 0 Å². The molecule has 0 unspecified atom stereocenters. The zero-order chi connectivity index (χ0) is 12.9. The fourth-order valence-electron chi connectivity index (χ4n) is 2.90. The summed E-state index contributed by atoms with van der Waals surface area (Å²) in [6.07, 6.45) is 0.836. The molecule has 2 amide bonds. The van der Waals surface area contributed by atoms with Crippen molar-refractivity contribution in [2.24, 2.45) is 5.92 Å². The number of alkyl halides is 1. The van der Waals surface area contributed by atoms with Gasteiger partial charge in [0, 0.05) is 28.2 Å². The molecule has 1 saturated heterocycles. The van der Waals surface area contributed by atoms with E-state index < -0.39 is 0 Å². The molecule has 0 aliphatic carbocycles. The summed E-state index contributed by atoms with van der Waals surface area (Å²) in [6, 6.07) is 5.58. The second-order valence-electron chi connectivity index (χ2n) is 4.96. The topological polar surface area (TPSA) is 32.3 Å². The Morgan fingerprint density at radius 1 is 1.44 bits per heavy atom. The average molecular weight is 285 g/mol. The second kappa shape index (κ2) is 4.32. The summed E-state index contributed by atoms with van der Waals surface area (Å²) in [5.41, 5.74) is 1.92. The smallest absolute Gasteiger partial charge is 0.317 e. The number of nitrogens with one attached hydrogen (secondary N) is 1. The Morgan fingerprint density at radius 2 is 2.22 bits per heavy atom. The third-order valence-electron chi connectivity index (χ3n) is 3.88. The molecule has 3 nitrogen and oxygen atoms in total. The predicted octanol–water partition coefficient (Wildman–Crippen LogP) is 3.88. The van der Waals surface area contributed by atoms with E-state index in [9.17, 15) is 4.79 Å². The fourth-order valence-corrected chi connectivity index (χ4v) is 3.32. The fraction of sp³-hybridized carbons (Fsp3) is 0.462. The van der Waals surface area contributed by atoms with Crippen LogP contribution in [0.5, 0.6) is 0 Å². The van der Waals surface area contributed by atoms with Crippen LogP contribution in [0.2, 0.25) is 5.02 Å². The van der Waals surface area contributed by atoms with Crippen molar-refractivity contribution in [2.75, 3.05) is 11.9 Å². The standard InChI is InChI=1S/C13H14Cl2N2O/c1-7-10(15)4-5-17-12(7)9-6-8(14)2-3-11(9)16-13(17)18/h2-3,6-7,10,12H,4-5H2,1H3,(H,16,18)/t7-,10+,12-/m0/s1. The summed E-state index contributed by atoms with van der Waals surface area (Å²) in [7, 11) is 0. The van der Waals surface area contributed by atoms with Crippen molar-refractivity contribution in [3.05, 3.63) is 28.8 Å². The number of hydrogen-bond donors (Lipinski definition) is 1. The van der Waals surface area contributed by atoms with Crippen molar-refractivity contribution in [1.82, 2.24) is 4.90 Å². The van der Waals surface area contributed by atoms with Crippen molar-refractivity contribution >= 4 is 34.9 Å². The van der Waals surface area contributed by atoms with Crippen LogP contribution in [0.4, 0.5) is 10.5 Å². The Balaban J connectivity index is 2.10. The number of amides is 2. The highest BCUT2D eigenvalue weighted by molar-refractivity contribution is 6.30. The highest BCUT2D eigenvalue weighted by Crippen LogP contribution is 2.44.